The zero-order valence-corrected chi connectivity index (χ0v) is 5.93. The van der Waals surface area contributed by atoms with Crippen molar-refractivity contribution in [2.75, 3.05) is 0 Å². The number of hydrogen-bond donors (Lipinski definition) is 6. The molecular weight excluding hydrogens is 136 g/mol. The maximum absolute atomic E-state index is 0. The molecule has 0 aliphatic carbocycles. The van der Waals surface area contributed by atoms with E-state index in [0.717, 1.165) is 0 Å². The molecule has 0 fully saturated rings. The molecule has 0 aliphatic rings. The third-order valence-electron chi connectivity index (χ3n) is 0. The van der Waals surface area contributed by atoms with Gasteiger partial charge in [0, 0.05) is 17.4 Å². The molecule has 0 aromatic rings. The van der Waals surface area contributed by atoms with E-state index >= 15 is 0 Å². The van der Waals surface area contributed by atoms with Crippen molar-refractivity contribution in [1.82, 2.24) is 36.9 Å². The van der Waals surface area contributed by atoms with Crippen molar-refractivity contribution < 1.29 is 17.4 Å². The van der Waals surface area contributed by atoms with E-state index in [9.17, 15) is 0 Å². The van der Waals surface area contributed by atoms with Gasteiger partial charge < -0.3 is 36.9 Å². The fourth-order valence-electron chi connectivity index (χ4n) is 0. The molecule has 18 N–H and O–H groups in total. The van der Waals surface area contributed by atoms with Crippen LogP contribution in [0.15, 0.2) is 0 Å². The van der Waals surface area contributed by atoms with Gasteiger partial charge in [0.1, 0.15) is 0 Å². The maximum atomic E-state index is 0. The largest absolute Gasteiger partial charge is 0.344 e. The van der Waals surface area contributed by atoms with Gasteiger partial charge in [0.05, 0.1) is 0 Å². The van der Waals surface area contributed by atoms with Gasteiger partial charge in [-0.25, -0.2) is 0 Å². The van der Waals surface area contributed by atoms with Gasteiger partial charge in [-0.1, -0.05) is 0 Å². The van der Waals surface area contributed by atoms with Crippen molar-refractivity contribution in [2.24, 2.45) is 0 Å². The van der Waals surface area contributed by atoms with E-state index in [1.807, 2.05) is 0 Å². The van der Waals surface area contributed by atoms with Crippen molar-refractivity contribution in [3.63, 3.8) is 0 Å². The van der Waals surface area contributed by atoms with E-state index in [1.165, 1.54) is 0 Å². The molecule has 7 heteroatoms. The Kier molecular flexibility index (Phi) is 994000. The van der Waals surface area contributed by atoms with Crippen molar-refractivity contribution in [2.45, 2.75) is 0 Å². The topological polar surface area (TPSA) is 210 Å². The first kappa shape index (κ1) is 3380. The Morgan fingerprint density at radius 2 is 0.286 bits per heavy atom. The molecule has 0 spiro atoms. The van der Waals surface area contributed by atoms with Gasteiger partial charge in [0.15, 0.2) is 0 Å². The van der Waals surface area contributed by atoms with Crippen LogP contribution in [0.2, 0.25) is 0 Å². The number of hydrogen-bond acceptors (Lipinski definition) is 6. The normalized spacial score (nSPS) is 0. The Labute approximate surface area is 55.1 Å². The maximum Gasteiger partial charge on any atom is 0 e. The van der Waals surface area contributed by atoms with E-state index in [2.05, 4.69) is 0 Å². The van der Waals surface area contributed by atoms with Crippen LogP contribution in [0.4, 0.5) is 0 Å². The first-order chi connectivity index (χ1) is 0. The Hall–Kier alpha value is 0.292. The molecule has 0 amide bonds. The van der Waals surface area contributed by atoms with E-state index < -0.39 is 0 Å². The minimum atomic E-state index is 0. The van der Waals surface area contributed by atoms with E-state index in [1.54, 1.807) is 0 Å². The molecule has 54 valence electrons. The van der Waals surface area contributed by atoms with Crippen molar-refractivity contribution in [1.29, 1.82) is 0 Å². The first-order valence-corrected chi connectivity index (χ1v) is 0. The second kappa shape index (κ2) is 2060. The second-order valence-corrected chi connectivity index (χ2v) is 0. The van der Waals surface area contributed by atoms with Gasteiger partial charge in [0.2, 0.25) is 0 Å². The van der Waals surface area contributed by atoms with E-state index in [-0.39, 0.29) is 54.3 Å². The molecule has 0 heterocycles. The summed E-state index contributed by atoms with van der Waals surface area (Å²) in [6.07, 6.45) is 0. The summed E-state index contributed by atoms with van der Waals surface area (Å²) < 4.78 is 0. The molecule has 0 saturated carbocycles. The average Bonchev–Trinajstić information content (AvgIpc) is 0. The van der Waals surface area contributed by atoms with Crippen LogP contribution in [0.5, 0.6) is 0 Å². The van der Waals surface area contributed by atoms with Gasteiger partial charge in [-0.05, 0) is 0 Å². The molecule has 0 aromatic carbocycles. The molecular formula is H18CrN6. The zero-order chi connectivity index (χ0) is 0. The first-order valence-electron chi connectivity index (χ1n) is 0. The summed E-state index contributed by atoms with van der Waals surface area (Å²) in [4.78, 5) is 0. The van der Waals surface area contributed by atoms with Gasteiger partial charge in [-0.15, -0.1) is 0 Å². The fraction of sp³-hybridized carbons (Fsp3) is 0. The summed E-state index contributed by atoms with van der Waals surface area (Å²) in [5.41, 5.74) is 0. The summed E-state index contributed by atoms with van der Waals surface area (Å²) in [5, 5.41) is 0. The molecule has 6 nitrogen and oxygen atoms in total. The predicted octanol–water partition coefficient (Wildman–Crippen LogP) is 0.969. The molecule has 0 aromatic heterocycles. The second-order valence-electron chi connectivity index (χ2n) is 0. The third kappa shape index (κ3) is 1360. The third-order valence-corrected chi connectivity index (χ3v) is 0. The minimum Gasteiger partial charge on any atom is -0.344 e. The molecule has 0 saturated heterocycles. The smallest absolute Gasteiger partial charge is 0 e. The van der Waals surface area contributed by atoms with Crippen molar-refractivity contribution in [3.05, 3.63) is 0 Å². The Morgan fingerprint density at radius 1 is 0.286 bits per heavy atom. The van der Waals surface area contributed by atoms with E-state index in [4.69, 9.17) is 0 Å². The van der Waals surface area contributed by atoms with Gasteiger partial charge in [-0.3, -0.25) is 0 Å². The quantitative estimate of drug-likeness (QED) is 0.298. The molecule has 7 heavy (non-hydrogen) atoms. The van der Waals surface area contributed by atoms with Crippen molar-refractivity contribution in [3.8, 4) is 0 Å². The Morgan fingerprint density at radius 3 is 0.286 bits per heavy atom. The summed E-state index contributed by atoms with van der Waals surface area (Å²) in [7, 11) is 0. The minimum absolute atomic E-state index is 0. The predicted molar refractivity (Wildman–Crippen MR) is 30.1 cm³/mol. The summed E-state index contributed by atoms with van der Waals surface area (Å²) >= 11 is 0. The van der Waals surface area contributed by atoms with Crippen LogP contribution < -0.4 is 36.9 Å². The summed E-state index contributed by atoms with van der Waals surface area (Å²) in [5.74, 6) is 0. The monoisotopic (exact) mass is 154 g/mol. The average molecular weight is 154 g/mol. The molecule has 0 rings (SSSR count). The van der Waals surface area contributed by atoms with Crippen LogP contribution in [-0.4, -0.2) is 0 Å². The van der Waals surface area contributed by atoms with Gasteiger partial charge in [0.25, 0.3) is 0 Å². The van der Waals surface area contributed by atoms with Crippen LogP contribution in [-0.2, 0) is 17.4 Å². The zero-order valence-electron chi connectivity index (χ0n) is 4.65. The van der Waals surface area contributed by atoms with Crippen LogP contribution in [0.25, 0.3) is 0 Å². The van der Waals surface area contributed by atoms with Gasteiger partial charge in [-0.2, -0.15) is 0 Å². The van der Waals surface area contributed by atoms with Crippen LogP contribution in [0.3, 0.4) is 0 Å². The van der Waals surface area contributed by atoms with Crippen LogP contribution in [0.1, 0.15) is 0 Å². The molecule has 0 unspecified atom stereocenters. The van der Waals surface area contributed by atoms with Gasteiger partial charge >= 0.3 is 0 Å². The molecule has 0 bridgehead atoms. The van der Waals surface area contributed by atoms with E-state index in [0.29, 0.717) is 0 Å². The van der Waals surface area contributed by atoms with Crippen molar-refractivity contribution >= 4 is 0 Å². The fourth-order valence-corrected chi connectivity index (χ4v) is 0. The molecule has 0 aliphatic heterocycles. The van der Waals surface area contributed by atoms with Crippen LogP contribution >= 0.6 is 0 Å². The standard InChI is InChI=1S/Cr.6H3N/h;6*1H3. The van der Waals surface area contributed by atoms with Crippen LogP contribution in [0, 0.1) is 0 Å². The summed E-state index contributed by atoms with van der Waals surface area (Å²) in [6, 6.07) is 0. The molecule has 0 atom stereocenters. The SMILES string of the molecule is N.N.N.N.N.N.[Cr]. The Bertz CT molecular complexity index is 4.14. The summed E-state index contributed by atoms with van der Waals surface area (Å²) in [6.45, 7) is 0. The number of rotatable bonds is 0. The molecule has 0 radical (unpaired) electrons. The Balaban J connectivity index is 0.